The number of nitrogens with zero attached hydrogens (tertiary/aromatic N) is 4. The average molecular weight is 328 g/mol. The Kier molecular flexibility index (Phi) is 4.50. The zero-order chi connectivity index (χ0) is 17.1. The van der Waals surface area contributed by atoms with Gasteiger partial charge in [0, 0.05) is 45.4 Å². The highest BCUT2D eigenvalue weighted by atomic mass is 16.4. The molecule has 3 rings (SSSR count). The van der Waals surface area contributed by atoms with Gasteiger partial charge in [0.2, 0.25) is 5.91 Å². The number of benzene rings is 1. The molecule has 0 atom stereocenters. The molecular formula is C17H20N4O3. The van der Waals surface area contributed by atoms with Crippen LogP contribution >= 0.6 is 0 Å². The van der Waals surface area contributed by atoms with Gasteiger partial charge < -0.3 is 9.32 Å². The summed E-state index contributed by atoms with van der Waals surface area (Å²) in [7, 11) is 3.62. The fourth-order valence-electron chi connectivity index (χ4n) is 2.72. The predicted octanol–water partition coefficient (Wildman–Crippen LogP) is 1.77. The first-order chi connectivity index (χ1) is 11.5. The summed E-state index contributed by atoms with van der Waals surface area (Å²) in [6.45, 7) is 0.990. The molecule has 7 nitrogen and oxygen atoms in total. The van der Waals surface area contributed by atoms with Gasteiger partial charge in [-0.2, -0.15) is 5.10 Å². The first-order valence-corrected chi connectivity index (χ1v) is 7.84. The molecule has 0 N–H and O–H groups in total. The molecule has 0 fully saturated rings. The molecule has 2 aromatic heterocycles. The van der Waals surface area contributed by atoms with E-state index in [0.717, 1.165) is 11.1 Å². The maximum absolute atomic E-state index is 12.2. The summed E-state index contributed by atoms with van der Waals surface area (Å²) in [4.78, 5) is 25.8. The molecule has 3 aromatic rings. The summed E-state index contributed by atoms with van der Waals surface area (Å²) in [5, 5.41) is 4.09. The van der Waals surface area contributed by atoms with Crippen LogP contribution in [0.4, 0.5) is 0 Å². The summed E-state index contributed by atoms with van der Waals surface area (Å²) in [6, 6.07) is 7.30. The third kappa shape index (κ3) is 3.40. The number of aromatic nitrogens is 3. The summed E-state index contributed by atoms with van der Waals surface area (Å²) < 4.78 is 8.47. The van der Waals surface area contributed by atoms with Gasteiger partial charge in [-0.1, -0.05) is 12.1 Å². The lowest BCUT2D eigenvalue weighted by molar-refractivity contribution is -0.130. The number of hydrogen-bond acceptors (Lipinski definition) is 4. The monoisotopic (exact) mass is 328 g/mol. The highest BCUT2D eigenvalue weighted by molar-refractivity contribution is 5.76. The molecule has 24 heavy (non-hydrogen) atoms. The molecule has 0 aliphatic rings. The number of para-hydroxylation sites is 2. The Hall–Kier alpha value is -2.83. The third-order valence-corrected chi connectivity index (χ3v) is 3.95. The van der Waals surface area contributed by atoms with Crippen molar-refractivity contribution in [2.75, 3.05) is 7.05 Å². The van der Waals surface area contributed by atoms with Crippen molar-refractivity contribution in [3.8, 4) is 0 Å². The van der Waals surface area contributed by atoms with Crippen molar-refractivity contribution >= 4 is 17.0 Å². The van der Waals surface area contributed by atoms with Gasteiger partial charge in [0.05, 0.1) is 11.7 Å². The Morgan fingerprint density at radius 3 is 2.88 bits per heavy atom. The minimum Gasteiger partial charge on any atom is -0.408 e. The first-order valence-electron chi connectivity index (χ1n) is 7.84. The van der Waals surface area contributed by atoms with Crippen LogP contribution in [0, 0.1) is 0 Å². The van der Waals surface area contributed by atoms with E-state index in [9.17, 15) is 9.59 Å². The van der Waals surface area contributed by atoms with Crippen molar-refractivity contribution < 1.29 is 9.21 Å². The second-order valence-corrected chi connectivity index (χ2v) is 5.86. The Bertz CT molecular complexity index is 906. The second-order valence-electron chi connectivity index (χ2n) is 5.86. The van der Waals surface area contributed by atoms with E-state index in [4.69, 9.17) is 4.42 Å². The van der Waals surface area contributed by atoms with Crippen LogP contribution in [0.25, 0.3) is 11.1 Å². The van der Waals surface area contributed by atoms with Crippen LogP contribution in [0.5, 0.6) is 0 Å². The number of rotatable bonds is 6. The number of amides is 1. The summed E-state index contributed by atoms with van der Waals surface area (Å²) >= 11 is 0. The van der Waals surface area contributed by atoms with E-state index in [2.05, 4.69) is 5.10 Å². The number of oxazole rings is 1. The standard InChI is InChI=1S/C17H20N4O3/c1-19(11-13-10-18-20(2)12-13)16(22)8-5-9-21-14-6-3-4-7-15(14)24-17(21)23/h3-4,6-7,10,12H,5,8-9,11H2,1-2H3. The van der Waals surface area contributed by atoms with E-state index in [0.29, 0.717) is 31.5 Å². The van der Waals surface area contributed by atoms with Crippen molar-refractivity contribution in [2.24, 2.45) is 7.05 Å². The van der Waals surface area contributed by atoms with Crippen LogP contribution in [0.15, 0.2) is 45.9 Å². The van der Waals surface area contributed by atoms with Gasteiger partial charge >= 0.3 is 5.76 Å². The number of hydrogen-bond donors (Lipinski definition) is 0. The zero-order valence-corrected chi connectivity index (χ0v) is 13.8. The van der Waals surface area contributed by atoms with E-state index in [1.54, 1.807) is 33.5 Å². The Morgan fingerprint density at radius 2 is 2.12 bits per heavy atom. The SMILES string of the molecule is CN(Cc1cnn(C)c1)C(=O)CCCn1c(=O)oc2ccccc21. The Labute approximate surface area is 139 Å². The first kappa shape index (κ1) is 16.0. The smallest absolute Gasteiger partial charge is 0.408 e. The molecule has 0 radical (unpaired) electrons. The number of carbonyl (C=O) groups is 1. The lowest BCUT2D eigenvalue weighted by Gasteiger charge is -2.16. The third-order valence-electron chi connectivity index (χ3n) is 3.95. The van der Waals surface area contributed by atoms with E-state index >= 15 is 0 Å². The molecule has 0 saturated carbocycles. The average Bonchev–Trinajstić information content (AvgIpc) is 3.10. The van der Waals surface area contributed by atoms with Crippen LogP contribution in [0.1, 0.15) is 18.4 Å². The highest BCUT2D eigenvalue weighted by Gasteiger charge is 2.12. The summed E-state index contributed by atoms with van der Waals surface area (Å²) in [6.07, 6.45) is 4.60. The molecule has 1 aromatic carbocycles. The zero-order valence-electron chi connectivity index (χ0n) is 13.8. The van der Waals surface area contributed by atoms with Gasteiger partial charge in [0.1, 0.15) is 0 Å². The molecule has 7 heteroatoms. The number of aryl methyl sites for hydroxylation is 2. The molecule has 0 bridgehead atoms. The topological polar surface area (TPSA) is 73.3 Å². The van der Waals surface area contributed by atoms with Gasteiger partial charge in [-0.25, -0.2) is 4.79 Å². The lowest BCUT2D eigenvalue weighted by Crippen LogP contribution is -2.26. The molecule has 0 aliphatic heterocycles. The van der Waals surface area contributed by atoms with Gasteiger partial charge in [-0.3, -0.25) is 14.0 Å². The fraction of sp³-hybridized carbons (Fsp3) is 0.353. The predicted molar refractivity (Wildman–Crippen MR) is 89.4 cm³/mol. The number of fused-ring (bicyclic) bond motifs is 1. The van der Waals surface area contributed by atoms with E-state index in [1.165, 1.54) is 0 Å². The van der Waals surface area contributed by atoms with E-state index in [-0.39, 0.29) is 11.7 Å². The lowest BCUT2D eigenvalue weighted by atomic mass is 10.2. The normalized spacial score (nSPS) is 11.1. The maximum atomic E-state index is 12.2. The molecule has 1 amide bonds. The van der Waals surface area contributed by atoms with Crippen molar-refractivity contribution in [2.45, 2.75) is 25.9 Å². The molecule has 0 unspecified atom stereocenters. The van der Waals surface area contributed by atoms with Crippen molar-refractivity contribution in [1.29, 1.82) is 0 Å². The van der Waals surface area contributed by atoms with Crippen LogP contribution in [0.3, 0.4) is 0 Å². The largest absolute Gasteiger partial charge is 0.419 e. The van der Waals surface area contributed by atoms with Crippen LogP contribution in [-0.4, -0.2) is 32.2 Å². The quantitative estimate of drug-likeness (QED) is 0.691. The molecule has 0 aliphatic carbocycles. The Balaban J connectivity index is 1.56. The van der Waals surface area contributed by atoms with Gasteiger partial charge in [0.25, 0.3) is 0 Å². The molecular weight excluding hydrogens is 308 g/mol. The maximum Gasteiger partial charge on any atom is 0.419 e. The summed E-state index contributed by atoms with van der Waals surface area (Å²) in [5.74, 6) is -0.341. The summed E-state index contributed by atoms with van der Waals surface area (Å²) in [5.41, 5.74) is 2.33. The van der Waals surface area contributed by atoms with Crippen LogP contribution in [0.2, 0.25) is 0 Å². The molecule has 0 saturated heterocycles. The van der Waals surface area contributed by atoms with Crippen LogP contribution < -0.4 is 5.76 Å². The van der Waals surface area contributed by atoms with Gasteiger partial charge in [-0.15, -0.1) is 0 Å². The van der Waals surface area contributed by atoms with Crippen molar-refractivity contribution in [3.05, 3.63) is 52.8 Å². The number of carbonyl (C=O) groups excluding carboxylic acids is 1. The molecule has 2 heterocycles. The van der Waals surface area contributed by atoms with E-state index in [1.807, 2.05) is 31.4 Å². The van der Waals surface area contributed by atoms with E-state index < -0.39 is 0 Å². The molecule has 0 spiro atoms. The van der Waals surface area contributed by atoms with Crippen molar-refractivity contribution in [3.63, 3.8) is 0 Å². The van der Waals surface area contributed by atoms with Gasteiger partial charge in [-0.05, 0) is 18.6 Å². The van der Waals surface area contributed by atoms with Crippen LogP contribution in [-0.2, 0) is 24.9 Å². The second kappa shape index (κ2) is 6.74. The van der Waals surface area contributed by atoms with Gasteiger partial charge in [0.15, 0.2) is 5.58 Å². The highest BCUT2D eigenvalue weighted by Crippen LogP contribution is 2.13. The minimum atomic E-state index is -0.382. The minimum absolute atomic E-state index is 0.0414. The Morgan fingerprint density at radius 1 is 1.33 bits per heavy atom. The molecule has 126 valence electrons. The van der Waals surface area contributed by atoms with Crippen molar-refractivity contribution in [1.82, 2.24) is 19.2 Å². The fourth-order valence-corrected chi connectivity index (χ4v) is 2.72.